The van der Waals surface area contributed by atoms with Gasteiger partial charge in [0.25, 0.3) is 0 Å². The molecule has 1 unspecified atom stereocenters. The smallest absolute Gasteiger partial charge is 0.123 e. The number of likely N-dealkylation sites (tertiary alicyclic amines) is 1. The third kappa shape index (κ3) is 4.86. The highest BCUT2D eigenvalue weighted by molar-refractivity contribution is 5.52. The lowest BCUT2D eigenvalue weighted by Crippen LogP contribution is -2.34. The summed E-state index contributed by atoms with van der Waals surface area (Å²) in [5.74, 6) is 0.468. The lowest BCUT2D eigenvalue weighted by Gasteiger charge is -2.37. The molecule has 0 bridgehead atoms. The first-order valence-corrected chi connectivity index (χ1v) is 11.2. The second-order valence-electron chi connectivity index (χ2n) is 10.9. The summed E-state index contributed by atoms with van der Waals surface area (Å²) in [6.07, 6.45) is 3.85. The van der Waals surface area contributed by atoms with Crippen molar-refractivity contribution in [3.63, 3.8) is 0 Å². The number of hydrogen-bond donors (Lipinski definition) is 1. The van der Waals surface area contributed by atoms with Gasteiger partial charge in [-0.05, 0) is 78.1 Å². The molecule has 2 aromatic rings. The van der Waals surface area contributed by atoms with Gasteiger partial charge < -0.3 is 5.11 Å². The van der Waals surface area contributed by atoms with Crippen LogP contribution in [0.5, 0.6) is 5.75 Å². The quantitative estimate of drug-likeness (QED) is 0.615. The molecule has 2 nitrogen and oxygen atoms in total. The van der Waals surface area contributed by atoms with Crippen LogP contribution in [0.4, 0.5) is 0 Å². The third-order valence-electron chi connectivity index (χ3n) is 6.21. The first kappa shape index (κ1) is 21.9. The van der Waals surface area contributed by atoms with E-state index in [1.807, 2.05) is 0 Å². The molecule has 1 saturated heterocycles. The van der Waals surface area contributed by atoms with Crippen molar-refractivity contribution in [2.75, 3.05) is 13.1 Å². The molecule has 3 rings (SSSR count). The monoisotopic (exact) mass is 393 g/mol. The second-order valence-corrected chi connectivity index (χ2v) is 10.9. The molecular formula is C27H39NO. The molecule has 1 heterocycles. The molecule has 0 spiro atoms. The fourth-order valence-corrected chi connectivity index (χ4v) is 4.50. The minimum Gasteiger partial charge on any atom is -0.507 e. The average Bonchev–Trinajstić information content (AvgIpc) is 2.63. The van der Waals surface area contributed by atoms with Crippen molar-refractivity contribution in [1.29, 1.82) is 0 Å². The molecule has 0 radical (unpaired) electrons. The van der Waals surface area contributed by atoms with E-state index in [9.17, 15) is 5.11 Å². The maximum Gasteiger partial charge on any atom is 0.123 e. The number of hydrogen-bond acceptors (Lipinski definition) is 2. The molecule has 0 aromatic heterocycles. The number of rotatable bonds is 3. The summed E-state index contributed by atoms with van der Waals surface area (Å²) in [5.41, 5.74) is 5.83. The van der Waals surface area contributed by atoms with Gasteiger partial charge in [0.05, 0.1) is 6.04 Å². The molecule has 158 valence electrons. The van der Waals surface area contributed by atoms with Crippen molar-refractivity contribution in [3.8, 4) is 5.75 Å². The molecule has 1 atom stereocenters. The van der Waals surface area contributed by atoms with Crippen LogP contribution < -0.4 is 0 Å². The lowest BCUT2D eigenvalue weighted by molar-refractivity contribution is 0.187. The maximum atomic E-state index is 11.2. The van der Waals surface area contributed by atoms with Gasteiger partial charge in [0.15, 0.2) is 0 Å². The number of benzene rings is 2. The lowest BCUT2D eigenvalue weighted by atomic mass is 9.77. The van der Waals surface area contributed by atoms with Crippen LogP contribution in [0.3, 0.4) is 0 Å². The van der Waals surface area contributed by atoms with Crippen LogP contribution in [0, 0.1) is 6.92 Å². The fourth-order valence-electron chi connectivity index (χ4n) is 4.50. The Morgan fingerprint density at radius 1 is 0.759 bits per heavy atom. The zero-order valence-electron chi connectivity index (χ0n) is 19.5. The third-order valence-corrected chi connectivity index (χ3v) is 6.21. The minimum absolute atomic E-state index is 0.111. The predicted molar refractivity (Wildman–Crippen MR) is 124 cm³/mol. The number of nitrogens with zero attached hydrogens (tertiary/aromatic N) is 1. The molecule has 0 aliphatic carbocycles. The Morgan fingerprint density at radius 2 is 1.24 bits per heavy atom. The first-order chi connectivity index (χ1) is 13.5. The van der Waals surface area contributed by atoms with Gasteiger partial charge >= 0.3 is 0 Å². The molecule has 0 amide bonds. The zero-order chi connectivity index (χ0) is 21.4. The van der Waals surface area contributed by atoms with Gasteiger partial charge in [0.2, 0.25) is 0 Å². The number of phenolic OH excluding ortho intramolecular Hbond substituents is 1. The normalized spacial score (nSPS) is 17.3. The summed E-state index contributed by atoms with van der Waals surface area (Å²) in [6.45, 7) is 17.6. The number of piperidine rings is 1. The van der Waals surface area contributed by atoms with E-state index < -0.39 is 0 Å². The van der Waals surface area contributed by atoms with Gasteiger partial charge in [-0.3, -0.25) is 4.90 Å². The van der Waals surface area contributed by atoms with Gasteiger partial charge in [0.1, 0.15) is 5.75 Å². The molecular weight excluding hydrogens is 354 g/mol. The van der Waals surface area contributed by atoms with Crippen molar-refractivity contribution in [1.82, 2.24) is 4.90 Å². The Labute approximate surface area is 178 Å². The van der Waals surface area contributed by atoms with Crippen LogP contribution in [0.1, 0.15) is 94.7 Å². The van der Waals surface area contributed by atoms with E-state index in [0.717, 1.165) is 24.2 Å². The van der Waals surface area contributed by atoms with E-state index in [1.165, 1.54) is 36.0 Å². The Bertz CT molecular complexity index is 795. The Morgan fingerprint density at radius 3 is 1.69 bits per heavy atom. The highest BCUT2D eigenvalue weighted by Crippen LogP contribution is 2.43. The highest BCUT2D eigenvalue weighted by atomic mass is 16.3. The van der Waals surface area contributed by atoms with Crippen LogP contribution in [0.25, 0.3) is 0 Å². The van der Waals surface area contributed by atoms with E-state index in [4.69, 9.17) is 0 Å². The molecule has 2 heteroatoms. The summed E-state index contributed by atoms with van der Waals surface area (Å²) in [6, 6.07) is 13.8. The number of phenols is 1. The molecule has 1 aliphatic rings. The maximum absolute atomic E-state index is 11.2. The zero-order valence-corrected chi connectivity index (χ0v) is 19.5. The van der Waals surface area contributed by atoms with Crippen molar-refractivity contribution in [3.05, 3.63) is 64.2 Å². The van der Waals surface area contributed by atoms with Gasteiger partial charge in [-0.15, -0.1) is 0 Å². The molecule has 0 saturated carbocycles. The second kappa shape index (κ2) is 8.14. The largest absolute Gasteiger partial charge is 0.507 e. The topological polar surface area (TPSA) is 23.5 Å². The molecule has 1 N–H and O–H groups in total. The Hall–Kier alpha value is -1.80. The number of aromatic hydroxyl groups is 1. The van der Waals surface area contributed by atoms with Crippen molar-refractivity contribution in [2.45, 2.75) is 84.6 Å². The van der Waals surface area contributed by atoms with E-state index in [2.05, 4.69) is 89.8 Å². The van der Waals surface area contributed by atoms with Gasteiger partial charge in [-0.25, -0.2) is 0 Å². The fraction of sp³-hybridized carbons (Fsp3) is 0.556. The van der Waals surface area contributed by atoms with Crippen LogP contribution in [-0.4, -0.2) is 23.1 Å². The SMILES string of the molecule is Cc1ccc(C(c2cc(C(C)(C)C)c(O)c(C(C)(C)C)c2)N2CCCCC2)cc1. The summed E-state index contributed by atoms with van der Waals surface area (Å²) in [7, 11) is 0. The summed E-state index contributed by atoms with van der Waals surface area (Å²) in [5, 5.41) is 11.2. The standard InChI is InChI=1S/C27H39NO/c1-19-11-13-20(14-12-19)24(28-15-9-8-10-16-28)21-17-22(26(2,3)4)25(29)23(18-21)27(5,6)7/h11-14,17-18,24,29H,8-10,15-16H2,1-7H3. The number of aryl methyl sites for hydroxylation is 1. The summed E-state index contributed by atoms with van der Waals surface area (Å²) >= 11 is 0. The summed E-state index contributed by atoms with van der Waals surface area (Å²) < 4.78 is 0. The van der Waals surface area contributed by atoms with Crippen LogP contribution in [0.15, 0.2) is 36.4 Å². The molecule has 2 aromatic carbocycles. The Kier molecular flexibility index (Phi) is 6.15. The van der Waals surface area contributed by atoms with E-state index in [0.29, 0.717) is 5.75 Å². The van der Waals surface area contributed by atoms with Crippen LogP contribution >= 0.6 is 0 Å². The van der Waals surface area contributed by atoms with Crippen molar-refractivity contribution < 1.29 is 5.11 Å². The van der Waals surface area contributed by atoms with Crippen LogP contribution in [0.2, 0.25) is 0 Å². The van der Waals surface area contributed by atoms with E-state index >= 15 is 0 Å². The average molecular weight is 394 g/mol. The molecule has 1 aliphatic heterocycles. The predicted octanol–water partition coefficient (Wildman–Crippen LogP) is 6.87. The van der Waals surface area contributed by atoms with E-state index in [-0.39, 0.29) is 16.9 Å². The van der Waals surface area contributed by atoms with Crippen molar-refractivity contribution in [2.24, 2.45) is 0 Å². The molecule has 29 heavy (non-hydrogen) atoms. The highest BCUT2D eigenvalue weighted by Gasteiger charge is 2.31. The minimum atomic E-state index is -0.111. The van der Waals surface area contributed by atoms with Crippen molar-refractivity contribution >= 4 is 0 Å². The first-order valence-electron chi connectivity index (χ1n) is 11.2. The Balaban J connectivity index is 2.22. The van der Waals surface area contributed by atoms with E-state index in [1.54, 1.807) is 0 Å². The van der Waals surface area contributed by atoms with Gasteiger partial charge in [-0.2, -0.15) is 0 Å². The van der Waals surface area contributed by atoms with Crippen LogP contribution in [-0.2, 0) is 10.8 Å². The summed E-state index contributed by atoms with van der Waals surface area (Å²) in [4.78, 5) is 2.64. The van der Waals surface area contributed by atoms with Gasteiger partial charge in [-0.1, -0.05) is 77.8 Å². The molecule has 1 fully saturated rings. The van der Waals surface area contributed by atoms with Gasteiger partial charge in [0, 0.05) is 0 Å².